The molecule has 11 heavy (non-hydrogen) atoms. The van der Waals surface area contributed by atoms with E-state index in [1.54, 1.807) is 0 Å². The molecule has 1 heterocycles. The summed E-state index contributed by atoms with van der Waals surface area (Å²) in [5.41, 5.74) is 4.54. The standard InChI is InChI=1S/C7H7NO3/c8-3-1-6-7(10)5(9)2-4-11-6/h1-4,10H,8H2/b3-1+. The van der Waals surface area contributed by atoms with Crippen molar-refractivity contribution in [1.82, 2.24) is 0 Å². The van der Waals surface area contributed by atoms with Crippen LogP contribution >= 0.6 is 0 Å². The largest absolute Gasteiger partial charge is 0.502 e. The lowest BCUT2D eigenvalue weighted by atomic mass is 10.3. The molecule has 0 spiro atoms. The van der Waals surface area contributed by atoms with Crippen LogP contribution in [0.5, 0.6) is 5.75 Å². The summed E-state index contributed by atoms with van der Waals surface area (Å²) < 4.78 is 4.76. The Hall–Kier alpha value is -1.71. The molecule has 0 saturated carbocycles. The van der Waals surface area contributed by atoms with Gasteiger partial charge in [-0.15, -0.1) is 0 Å². The minimum atomic E-state index is -0.482. The van der Waals surface area contributed by atoms with Crippen LogP contribution in [0.25, 0.3) is 6.08 Å². The van der Waals surface area contributed by atoms with E-state index in [1.807, 2.05) is 0 Å². The number of nitrogens with two attached hydrogens (primary N) is 1. The molecule has 0 saturated heterocycles. The maximum Gasteiger partial charge on any atom is 0.227 e. The van der Waals surface area contributed by atoms with Crippen molar-refractivity contribution in [2.24, 2.45) is 5.73 Å². The van der Waals surface area contributed by atoms with Crippen molar-refractivity contribution in [2.75, 3.05) is 0 Å². The Labute approximate surface area is 62.6 Å². The number of rotatable bonds is 1. The predicted molar refractivity (Wildman–Crippen MR) is 39.9 cm³/mol. The van der Waals surface area contributed by atoms with Crippen LogP contribution in [-0.4, -0.2) is 5.11 Å². The Bertz CT molecular complexity index is 327. The molecule has 0 aliphatic heterocycles. The van der Waals surface area contributed by atoms with Crippen LogP contribution in [0, 0.1) is 0 Å². The highest BCUT2D eigenvalue weighted by Gasteiger charge is 2.01. The van der Waals surface area contributed by atoms with Gasteiger partial charge in [0.2, 0.25) is 11.2 Å². The van der Waals surface area contributed by atoms with Gasteiger partial charge >= 0.3 is 0 Å². The van der Waals surface area contributed by atoms with E-state index in [1.165, 1.54) is 18.5 Å². The first kappa shape index (κ1) is 7.40. The van der Waals surface area contributed by atoms with Crippen LogP contribution in [0.3, 0.4) is 0 Å². The zero-order chi connectivity index (χ0) is 8.27. The topological polar surface area (TPSA) is 76.5 Å². The summed E-state index contributed by atoms with van der Waals surface area (Å²) in [4.78, 5) is 10.7. The first-order valence-electron chi connectivity index (χ1n) is 2.94. The summed E-state index contributed by atoms with van der Waals surface area (Å²) in [6, 6.07) is 1.13. The SMILES string of the molecule is N/C=C/c1occc(=O)c1O. The van der Waals surface area contributed by atoms with Crippen molar-refractivity contribution in [3.63, 3.8) is 0 Å². The fourth-order valence-electron chi connectivity index (χ4n) is 0.631. The van der Waals surface area contributed by atoms with Crippen LogP contribution in [0.1, 0.15) is 5.76 Å². The summed E-state index contributed by atoms with van der Waals surface area (Å²) >= 11 is 0. The third-order valence-corrected chi connectivity index (χ3v) is 1.13. The molecule has 0 bridgehead atoms. The van der Waals surface area contributed by atoms with Gasteiger partial charge in [0, 0.05) is 12.1 Å². The normalized spacial score (nSPS) is 10.5. The molecule has 4 nitrogen and oxygen atoms in total. The summed E-state index contributed by atoms with van der Waals surface area (Å²) in [5, 5.41) is 9.02. The predicted octanol–water partition coefficient (Wildman–Crippen LogP) is 0.275. The quantitative estimate of drug-likeness (QED) is 0.607. The molecule has 4 heteroatoms. The molecule has 0 radical (unpaired) electrons. The highest BCUT2D eigenvalue weighted by Crippen LogP contribution is 2.10. The first-order chi connectivity index (χ1) is 5.25. The molecule has 0 aliphatic carbocycles. The average molecular weight is 153 g/mol. The molecule has 1 aromatic rings. The fourth-order valence-corrected chi connectivity index (χ4v) is 0.631. The van der Waals surface area contributed by atoms with E-state index in [0.717, 1.165) is 6.07 Å². The Morgan fingerprint density at radius 2 is 2.36 bits per heavy atom. The van der Waals surface area contributed by atoms with E-state index in [9.17, 15) is 4.79 Å². The third kappa shape index (κ3) is 1.40. The van der Waals surface area contributed by atoms with Crippen molar-refractivity contribution in [3.05, 3.63) is 34.5 Å². The lowest BCUT2D eigenvalue weighted by Crippen LogP contribution is -1.98. The smallest absolute Gasteiger partial charge is 0.227 e. The van der Waals surface area contributed by atoms with Gasteiger partial charge in [0.1, 0.15) is 0 Å². The summed E-state index contributed by atoms with van der Waals surface area (Å²) in [7, 11) is 0. The second kappa shape index (κ2) is 2.92. The Kier molecular flexibility index (Phi) is 1.96. The minimum Gasteiger partial charge on any atom is -0.502 e. The third-order valence-electron chi connectivity index (χ3n) is 1.13. The Morgan fingerprint density at radius 1 is 1.64 bits per heavy atom. The first-order valence-corrected chi connectivity index (χ1v) is 2.94. The molecule has 0 aliphatic rings. The molecule has 1 rings (SSSR count). The molecular formula is C7H7NO3. The Balaban J connectivity index is 3.27. The highest BCUT2D eigenvalue weighted by molar-refractivity contribution is 5.49. The van der Waals surface area contributed by atoms with Crippen LogP contribution in [0.4, 0.5) is 0 Å². The van der Waals surface area contributed by atoms with Gasteiger partial charge in [-0.3, -0.25) is 4.79 Å². The van der Waals surface area contributed by atoms with Crippen molar-refractivity contribution in [3.8, 4) is 5.75 Å². The van der Waals surface area contributed by atoms with E-state index in [4.69, 9.17) is 15.3 Å². The van der Waals surface area contributed by atoms with E-state index in [2.05, 4.69) is 0 Å². The average Bonchev–Trinajstić information content (AvgIpc) is 1.99. The number of hydrogen-bond acceptors (Lipinski definition) is 4. The van der Waals surface area contributed by atoms with Crippen LogP contribution < -0.4 is 11.2 Å². The van der Waals surface area contributed by atoms with Gasteiger partial charge < -0.3 is 15.3 Å². The fraction of sp³-hybridized carbons (Fsp3) is 0. The maximum absolute atomic E-state index is 10.7. The molecule has 0 unspecified atom stereocenters. The monoisotopic (exact) mass is 153 g/mol. The Morgan fingerprint density at radius 3 is 3.00 bits per heavy atom. The maximum atomic E-state index is 10.7. The van der Waals surface area contributed by atoms with Gasteiger partial charge in [-0.2, -0.15) is 0 Å². The molecular weight excluding hydrogens is 146 g/mol. The highest BCUT2D eigenvalue weighted by atomic mass is 16.4. The van der Waals surface area contributed by atoms with E-state index in [-0.39, 0.29) is 5.76 Å². The summed E-state index contributed by atoms with van der Waals surface area (Å²) in [6.45, 7) is 0. The minimum absolute atomic E-state index is 0.0694. The molecule has 0 atom stereocenters. The van der Waals surface area contributed by atoms with Crippen molar-refractivity contribution in [2.45, 2.75) is 0 Å². The molecule has 0 aromatic carbocycles. The second-order valence-electron chi connectivity index (χ2n) is 1.86. The van der Waals surface area contributed by atoms with Crippen molar-refractivity contribution < 1.29 is 9.52 Å². The molecule has 1 aromatic heterocycles. The summed E-state index contributed by atoms with van der Waals surface area (Å²) in [5.74, 6) is -0.353. The summed E-state index contributed by atoms with van der Waals surface area (Å²) in [6.07, 6.45) is 3.67. The van der Waals surface area contributed by atoms with E-state index < -0.39 is 11.2 Å². The zero-order valence-corrected chi connectivity index (χ0v) is 5.65. The van der Waals surface area contributed by atoms with Crippen molar-refractivity contribution in [1.29, 1.82) is 0 Å². The number of aromatic hydroxyl groups is 1. The second-order valence-corrected chi connectivity index (χ2v) is 1.86. The molecule has 3 N–H and O–H groups in total. The van der Waals surface area contributed by atoms with Crippen LogP contribution in [0.2, 0.25) is 0 Å². The van der Waals surface area contributed by atoms with Gasteiger partial charge in [-0.25, -0.2) is 0 Å². The van der Waals surface area contributed by atoms with Gasteiger partial charge in [0.15, 0.2) is 5.76 Å². The molecule has 0 fully saturated rings. The molecule has 0 amide bonds. The molecule has 58 valence electrons. The van der Waals surface area contributed by atoms with Gasteiger partial charge in [-0.05, 0) is 6.20 Å². The van der Waals surface area contributed by atoms with E-state index >= 15 is 0 Å². The van der Waals surface area contributed by atoms with Gasteiger partial charge in [0.05, 0.1) is 6.26 Å². The number of hydrogen-bond donors (Lipinski definition) is 2. The lowest BCUT2D eigenvalue weighted by molar-refractivity contribution is 0.424. The van der Waals surface area contributed by atoms with Crippen LogP contribution in [0.15, 0.2) is 27.7 Å². The van der Waals surface area contributed by atoms with E-state index in [0.29, 0.717) is 0 Å². The van der Waals surface area contributed by atoms with Crippen LogP contribution in [-0.2, 0) is 0 Å². The van der Waals surface area contributed by atoms with Gasteiger partial charge in [0.25, 0.3) is 0 Å². The van der Waals surface area contributed by atoms with Gasteiger partial charge in [-0.1, -0.05) is 0 Å². The zero-order valence-electron chi connectivity index (χ0n) is 5.65. The lowest BCUT2D eigenvalue weighted by Gasteiger charge is -1.93. The van der Waals surface area contributed by atoms with Crippen molar-refractivity contribution >= 4 is 6.08 Å².